The van der Waals surface area contributed by atoms with Crippen LogP contribution < -0.4 is 11.1 Å². The van der Waals surface area contributed by atoms with Crippen molar-refractivity contribution in [2.75, 3.05) is 5.32 Å². The molecule has 0 unspecified atom stereocenters. The number of aryl methyl sites for hydroxylation is 1. The predicted octanol–water partition coefficient (Wildman–Crippen LogP) is 1.68. The molecule has 0 atom stereocenters. The smallest absolute Gasteiger partial charge is 0.130 e. The molecule has 2 aromatic heterocycles. The first kappa shape index (κ1) is 11.5. The SMILES string of the molecule is CCn1cc(Nc2ccc(C(N)=S)cn2)cn1. The molecule has 0 aliphatic rings. The van der Waals surface area contributed by atoms with Gasteiger partial charge < -0.3 is 11.1 Å². The molecule has 6 heteroatoms. The molecule has 17 heavy (non-hydrogen) atoms. The Balaban J connectivity index is 2.10. The predicted molar refractivity (Wildman–Crippen MR) is 71.3 cm³/mol. The highest BCUT2D eigenvalue weighted by Crippen LogP contribution is 2.13. The summed E-state index contributed by atoms with van der Waals surface area (Å²) >= 11 is 4.86. The quantitative estimate of drug-likeness (QED) is 0.804. The van der Waals surface area contributed by atoms with Gasteiger partial charge in [-0.1, -0.05) is 12.2 Å². The number of aromatic nitrogens is 3. The first-order valence-electron chi connectivity index (χ1n) is 5.24. The Morgan fingerprint density at radius 2 is 2.29 bits per heavy atom. The third-order valence-corrected chi connectivity index (χ3v) is 2.51. The molecule has 0 bridgehead atoms. The second kappa shape index (κ2) is 4.92. The molecular formula is C11H13N5S. The molecule has 2 heterocycles. The maximum atomic E-state index is 5.50. The molecule has 0 radical (unpaired) electrons. The largest absolute Gasteiger partial charge is 0.389 e. The van der Waals surface area contributed by atoms with Gasteiger partial charge in [-0.3, -0.25) is 4.68 Å². The van der Waals surface area contributed by atoms with Gasteiger partial charge in [0, 0.05) is 24.5 Å². The van der Waals surface area contributed by atoms with Crippen LogP contribution in [0.4, 0.5) is 11.5 Å². The Labute approximate surface area is 105 Å². The number of nitrogens with zero attached hydrogens (tertiary/aromatic N) is 3. The van der Waals surface area contributed by atoms with Gasteiger partial charge in [0.1, 0.15) is 10.8 Å². The zero-order valence-electron chi connectivity index (χ0n) is 9.42. The standard InChI is InChI=1S/C11H13N5S/c1-2-16-7-9(6-14-16)15-10-4-3-8(5-13-10)11(12)17/h3-7H,2H2,1H3,(H2,12,17)(H,13,15). The van der Waals surface area contributed by atoms with E-state index in [1.54, 1.807) is 12.4 Å². The Kier molecular flexibility index (Phi) is 3.34. The molecule has 0 amide bonds. The van der Waals surface area contributed by atoms with E-state index in [1.807, 2.05) is 29.9 Å². The van der Waals surface area contributed by atoms with Gasteiger partial charge in [-0.2, -0.15) is 5.10 Å². The lowest BCUT2D eigenvalue weighted by molar-refractivity contribution is 0.660. The van der Waals surface area contributed by atoms with Crippen molar-refractivity contribution in [3.05, 3.63) is 36.3 Å². The summed E-state index contributed by atoms with van der Waals surface area (Å²) in [5, 5.41) is 7.31. The summed E-state index contributed by atoms with van der Waals surface area (Å²) in [5.41, 5.74) is 7.16. The summed E-state index contributed by atoms with van der Waals surface area (Å²) in [7, 11) is 0. The molecule has 0 spiro atoms. The van der Waals surface area contributed by atoms with E-state index in [1.165, 1.54) is 0 Å². The molecule has 0 aliphatic carbocycles. The van der Waals surface area contributed by atoms with E-state index in [0.29, 0.717) is 4.99 Å². The minimum absolute atomic E-state index is 0.350. The van der Waals surface area contributed by atoms with Gasteiger partial charge in [0.25, 0.3) is 0 Å². The maximum absolute atomic E-state index is 5.50. The van der Waals surface area contributed by atoms with E-state index in [2.05, 4.69) is 15.4 Å². The Morgan fingerprint density at radius 1 is 1.47 bits per heavy atom. The number of hydrogen-bond acceptors (Lipinski definition) is 4. The summed E-state index contributed by atoms with van der Waals surface area (Å²) in [6, 6.07) is 3.67. The summed E-state index contributed by atoms with van der Waals surface area (Å²) in [6.07, 6.45) is 5.32. The second-order valence-electron chi connectivity index (χ2n) is 3.51. The van der Waals surface area contributed by atoms with Gasteiger partial charge in [-0.25, -0.2) is 4.98 Å². The Hall–Kier alpha value is -1.95. The van der Waals surface area contributed by atoms with Crippen LogP contribution in [0.2, 0.25) is 0 Å². The fourth-order valence-electron chi connectivity index (χ4n) is 1.36. The summed E-state index contributed by atoms with van der Waals surface area (Å²) < 4.78 is 1.84. The van der Waals surface area contributed by atoms with Crippen LogP contribution in [0.5, 0.6) is 0 Å². The van der Waals surface area contributed by atoms with Gasteiger partial charge in [-0.15, -0.1) is 0 Å². The van der Waals surface area contributed by atoms with Crippen LogP contribution >= 0.6 is 12.2 Å². The molecule has 3 N–H and O–H groups in total. The maximum Gasteiger partial charge on any atom is 0.130 e. The molecule has 0 saturated carbocycles. The lowest BCUT2D eigenvalue weighted by Gasteiger charge is -2.03. The highest BCUT2D eigenvalue weighted by atomic mass is 32.1. The zero-order valence-corrected chi connectivity index (χ0v) is 10.2. The summed E-state index contributed by atoms with van der Waals surface area (Å²) in [4.78, 5) is 4.56. The molecule has 5 nitrogen and oxygen atoms in total. The van der Waals surface area contributed by atoms with Crippen LogP contribution in [-0.4, -0.2) is 19.8 Å². The van der Waals surface area contributed by atoms with Gasteiger partial charge in [-0.05, 0) is 19.1 Å². The van der Waals surface area contributed by atoms with Gasteiger partial charge >= 0.3 is 0 Å². The van der Waals surface area contributed by atoms with E-state index in [4.69, 9.17) is 18.0 Å². The van der Waals surface area contributed by atoms with E-state index in [-0.39, 0.29) is 0 Å². The van der Waals surface area contributed by atoms with Crippen molar-refractivity contribution in [1.82, 2.24) is 14.8 Å². The van der Waals surface area contributed by atoms with Crippen molar-refractivity contribution in [1.29, 1.82) is 0 Å². The van der Waals surface area contributed by atoms with Crippen LogP contribution in [0, 0.1) is 0 Å². The molecule has 2 aromatic rings. The Morgan fingerprint density at radius 3 is 2.82 bits per heavy atom. The lowest BCUT2D eigenvalue weighted by atomic mass is 10.3. The fraction of sp³-hybridized carbons (Fsp3) is 0.182. The van der Waals surface area contributed by atoms with Gasteiger partial charge in [0.15, 0.2) is 0 Å². The first-order chi connectivity index (χ1) is 8.19. The second-order valence-corrected chi connectivity index (χ2v) is 3.95. The minimum atomic E-state index is 0.350. The molecule has 0 fully saturated rings. The number of nitrogens with two attached hydrogens (primary N) is 1. The number of thiocarbonyl (C=S) groups is 1. The molecule has 88 valence electrons. The average molecular weight is 247 g/mol. The van der Waals surface area contributed by atoms with E-state index in [0.717, 1.165) is 23.6 Å². The monoisotopic (exact) mass is 247 g/mol. The molecular weight excluding hydrogens is 234 g/mol. The highest BCUT2D eigenvalue weighted by molar-refractivity contribution is 7.80. The summed E-state index contributed by atoms with van der Waals surface area (Å²) in [6.45, 7) is 2.88. The fourth-order valence-corrected chi connectivity index (χ4v) is 1.48. The van der Waals surface area contributed by atoms with Crippen molar-refractivity contribution >= 4 is 28.7 Å². The van der Waals surface area contributed by atoms with Crippen molar-refractivity contribution in [2.45, 2.75) is 13.5 Å². The number of nitrogens with one attached hydrogen (secondary N) is 1. The van der Waals surface area contributed by atoms with Gasteiger partial charge in [0.05, 0.1) is 11.9 Å². The van der Waals surface area contributed by atoms with Crippen LogP contribution in [0.3, 0.4) is 0 Å². The zero-order chi connectivity index (χ0) is 12.3. The topological polar surface area (TPSA) is 68.8 Å². The molecule has 2 rings (SSSR count). The number of rotatable bonds is 4. The third kappa shape index (κ3) is 2.79. The minimum Gasteiger partial charge on any atom is -0.389 e. The van der Waals surface area contributed by atoms with Crippen molar-refractivity contribution in [3.63, 3.8) is 0 Å². The van der Waals surface area contributed by atoms with Crippen molar-refractivity contribution in [3.8, 4) is 0 Å². The Bertz CT molecular complexity index is 517. The van der Waals surface area contributed by atoms with Crippen LogP contribution in [-0.2, 0) is 6.54 Å². The number of hydrogen-bond donors (Lipinski definition) is 2. The molecule has 0 aromatic carbocycles. The highest BCUT2D eigenvalue weighted by Gasteiger charge is 2.00. The van der Waals surface area contributed by atoms with Crippen LogP contribution in [0.15, 0.2) is 30.7 Å². The third-order valence-electron chi connectivity index (χ3n) is 2.28. The van der Waals surface area contributed by atoms with E-state index >= 15 is 0 Å². The lowest BCUT2D eigenvalue weighted by Crippen LogP contribution is -2.09. The molecule has 0 aliphatic heterocycles. The normalized spacial score (nSPS) is 10.2. The van der Waals surface area contributed by atoms with Crippen molar-refractivity contribution < 1.29 is 0 Å². The van der Waals surface area contributed by atoms with Crippen LogP contribution in [0.25, 0.3) is 0 Å². The van der Waals surface area contributed by atoms with Crippen LogP contribution in [0.1, 0.15) is 12.5 Å². The number of pyridine rings is 1. The van der Waals surface area contributed by atoms with Gasteiger partial charge in [0.2, 0.25) is 0 Å². The number of anilines is 2. The molecule has 0 saturated heterocycles. The first-order valence-corrected chi connectivity index (χ1v) is 5.65. The average Bonchev–Trinajstić information content (AvgIpc) is 2.77. The van der Waals surface area contributed by atoms with Crippen molar-refractivity contribution in [2.24, 2.45) is 5.73 Å². The summed E-state index contributed by atoms with van der Waals surface area (Å²) in [5.74, 6) is 0.737. The van der Waals surface area contributed by atoms with E-state index < -0.39 is 0 Å². The van der Waals surface area contributed by atoms with E-state index in [9.17, 15) is 0 Å².